The van der Waals surface area contributed by atoms with Crippen molar-refractivity contribution in [2.24, 2.45) is 0 Å². The van der Waals surface area contributed by atoms with Crippen LogP contribution < -0.4 is 4.90 Å². The van der Waals surface area contributed by atoms with Gasteiger partial charge in [0.1, 0.15) is 5.82 Å². The molecule has 0 saturated carbocycles. The second-order valence-electron chi connectivity index (χ2n) is 4.98. The Hall–Kier alpha value is -0.980. The summed E-state index contributed by atoms with van der Waals surface area (Å²) in [4.78, 5) is 8.98. The Morgan fingerprint density at radius 3 is 2.40 bits per heavy atom. The molecule has 0 aliphatic rings. The quantitative estimate of drug-likeness (QED) is 0.797. The summed E-state index contributed by atoms with van der Waals surface area (Å²) in [5.74, 6) is 0.843. The molecular formula is C14H19BrN4S. The first-order valence-corrected chi connectivity index (χ1v) is 8.05. The van der Waals surface area contributed by atoms with Gasteiger partial charge in [-0.05, 0) is 38.7 Å². The van der Waals surface area contributed by atoms with Gasteiger partial charge >= 0.3 is 0 Å². The Morgan fingerprint density at radius 1 is 1.15 bits per heavy atom. The van der Waals surface area contributed by atoms with Crippen molar-refractivity contribution in [1.29, 1.82) is 0 Å². The summed E-state index contributed by atoms with van der Waals surface area (Å²) in [6, 6.07) is 8.43. The summed E-state index contributed by atoms with van der Waals surface area (Å²) in [5.41, 5.74) is 1.28. The van der Waals surface area contributed by atoms with Gasteiger partial charge in [0, 0.05) is 35.6 Å². The van der Waals surface area contributed by atoms with Crippen LogP contribution in [0.5, 0.6) is 0 Å². The van der Waals surface area contributed by atoms with Crippen LogP contribution >= 0.6 is 27.5 Å². The molecule has 1 aromatic heterocycles. The van der Waals surface area contributed by atoms with Gasteiger partial charge in [-0.3, -0.25) is 0 Å². The van der Waals surface area contributed by atoms with Crippen LogP contribution in [-0.4, -0.2) is 41.4 Å². The van der Waals surface area contributed by atoms with Crippen molar-refractivity contribution < 1.29 is 0 Å². The molecule has 20 heavy (non-hydrogen) atoms. The van der Waals surface area contributed by atoms with Crippen molar-refractivity contribution in [2.45, 2.75) is 13.5 Å². The van der Waals surface area contributed by atoms with Gasteiger partial charge in [0.2, 0.25) is 5.13 Å². The van der Waals surface area contributed by atoms with Gasteiger partial charge in [0.15, 0.2) is 0 Å². The first-order valence-electron chi connectivity index (χ1n) is 6.49. The van der Waals surface area contributed by atoms with Crippen molar-refractivity contribution in [1.82, 2.24) is 14.3 Å². The number of halogens is 1. The first-order chi connectivity index (χ1) is 9.54. The summed E-state index contributed by atoms with van der Waals surface area (Å²) in [5, 5.41) is 0.993. The van der Waals surface area contributed by atoms with E-state index in [4.69, 9.17) is 0 Å². The fourth-order valence-electron chi connectivity index (χ4n) is 1.79. The number of aryl methyl sites for hydroxylation is 1. The maximum atomic E-state index is 4.51. The lowest BCUT2D eigenvalue weighted by Gasteiger charge is -2.23. The molecule has 1 aromatic carbocycles. The van der Waals surface area contributed by atoms with Crippen LogP contribution in [0.3, 0.4) is 0 Å². The van der Waals surface area contributed by atoms with Crippen molar-refractivity contribution in [3.8, 4) is 0 Å². The molecule has 2 rings (SSSR count). The van der Waals surface area contributed by atoms with Crippen LogP contribution in [0.4, 0.5) is 5.13 Å². The minimum atomic E-state index is 0.843. The second kappa shape index (κ2) is 7.15. The van der Waals surface area contributed by atoms with Crippen molar-refractivity contribution >= 4 is 32.6 Å². The monoisotopic (exact) mass is 354 g/mol. The van der Waals surface area contributed by atoms with E-state index in [-0.39, 0.29) is 0 Å². The largest absolute Gasteiger partial charge is 0.341 e. The van der Waals surface area contributed by atoms with E-state index in [1.165, 1.54) is 17.1 Å². The third-order valence-electron chi connectivity index (χ3n) is 2.89. The number of anilines is 1. The fraction of sp³-hybridized carbons (Fsp3) is 0.429. The smallest absolute Gasteiger partial charge is 0.205 e. The van der Waals surface area contributed by atoms with E-state index in [9.17, 15) is 0 Å². The Morgan fingerprint density at radius 2 is 1.85 bits per heavy atom. The molecule has 0 fully saturated rings. The zero-order valence-electron chi connectivity index (χ0n) is 12.0. The fourth-order valence-corrected chi connectivity index (χ4v) is 2.75. The van der Waals surface area contributed by atoms with E-state index in [2.05, 4.69) is 73.4 Å². The molecular weight excluding hydrogens is 336 g/mol. The number of likely N-dealkylation sites (N-methyl/N-ethyl adjacent to an activating group) is 1. The van der Waals surface area contributed by atoms with E-state index in [1.54, 1.807) is 0 Å². The minimum Gasteiger partial charge on any atom is -0.341 e. The predicted molar refractivity (Wildman–Crippen MR) is 88.4 cm³/mol. The number of rotatable bonds is 6. The molecule has 0 aliphatic heterocycles. The summed E-state index contributed by atoms with van der Waals surface area (Å²) in [6.45, 7) is 4.73. The van der Waals surface area contributed by atoms with Crippen LogP contribution in [0.15, 0.2) is 28.7 Å². The Labute approximate surface area is 132 Å². The number of nitrogens with zero attached hydrogens (tertiary/aromatic N) is 4. The Balaban J connectivity index is 2.11. The third-order valence-corrected chi connectivity index (χ3v) is 4.29. The van der Waals surface area contributed by atoms with Gasteiger partial charge in [0.25, 0.3) is 0 Å². The van der Waals surface area contributed by atoms with E-state index in [0.29, 0.717) is 0 Å². The predicted octanol–water partition coefficient (Wildman–Crippen LogP) is 3.18. The second-order valence-corrected chi connectivity index (χ2v) is 6.62. The van der Waals surface area contributed by atoms with Gasteiger partial charge in [0.05, 0.1) is 0 Å². The zero-order chi connectivity index (χ0) is 14.5. The van der Waals surface area contributed by atoms with E-state index < -0.39 is 0 Å². The van der Waals surface area contributed by atoms with Crippen LogP contribution in [0.2, 0.25) is 0 Å². The molecule has 4 nitrogen and oxygen atoms in total. The van der Waals surface area contributed by atoms with E-state index in [0.717, 1.165) is 35.1 Å². The summed E-state index contributed by atoms with van der Waals surface area (Å²) in [6.07, 6.45) is 0. The first kappa shape index (κ1) is 15.4. The molecule has 2 aromatic rings. The van der Waals surface area contributed by atoms with Crippen LogP contribution in [0.1, 0.15) is 11.4 Å². The number of hydrogen-bond donors (Lipinski definition) is 0. The van der Waals surface area contributed by atoms with Gasteiger partial charge in [-0.15, -0.1) is 0 Å². The molecule has 6 heteroatoms. The average Bonchev–Trinajstić information content (AvgIpc) is 2.83. The summed E-state index contributed by atoms with van der Waals surface area (Å²) >= 11 is 4.94. The molecule has 0 N–H and O–H groups in total. The maximum absolute atomic E-state index is 4.51. The zero-order valence-corrected chi connectivity index (χ0v) is 14.4. The van der Waals surface area contributed by atoms with E-state index in [1.807, 2.05) is 6.92 Å². The lowest BCUT2D eigenvalue weighted by molar-refractivity contribution is 0.412. The number of benzene rings is 1. The molecule has 1 heterocycles. The Bertz CT molecular complexity index is 538. The lowest BCUT2D eigenvalue weighted by Crippen LogP contribution is -2.31. The van der Waals surface area contributed by atoms with Crippen molar-refractivity contribution in [2.75, 3.05) is 32.1 Å². The molecule has 0 aliphatic carbocycles. The molecule has 0 bridgehead atoms. The lowest BCUT2D eigenvalue weighted by atomic mass is 10.2. The number of aromatic nitrogens is 2. The molecule has 0 amide bonds. The highest BCUT2D eigenvalue weighted by molar-refractivity contribution is 9.10. The molecule has 108 valence electrons. The topological polar surface area (TPSA) is 32.3 Å². The SMILES string of the molecule is Cc1nsc(N(CCN(C)C)Cc2ccc(Br)cc2)n1. The minimum absolute atomic E-state index is 0.843. The highest BCUT2D eigenvalue weighted by Crippen LogP contribution is 2.20. The third kappa shape index (κ3) is 4.54. The number of hydrogen-bond acceptors (Lipinski definition) is 5. The summed E-state index contributed by atoms with van der Waals surface area (Å²) in [7, 11) is 4.17. The standard InChI is InChI=1S/C14H19BrN4S/c1-11-16-14(20-17-11)19(9-8-18(2)3)10-12-4-6-13(15)7-5-12/h4-7H,8-10H2,1-3H3. The van der Waals surface area contributed by atoms with Gasteiger partial charge in [-0.2, -0.15) is 4.37 Å². The highest BCUT2D eigenvalue weighted by Gasteiger charge is 2.12. The van der Waals surface area contributed by atoms with Gasteiger partial charge in [-0.1, -0.05) is 28.1 Å². The van der Waals surface area contributed by atoms with Crippen molar-refractivity contribution in [3.63, 3.8) is 0 Å². The van der Waals surface area contributed by atoms with Crippen LogP contribution in [-0.2, 0) is 6.54 Å². The van der Waals surface area contributed by atoms with Crippen LogP contribution in [0, 0.1) is 6.92 Å². The molecule has 0 saturated heterocycles. The van der Waals surface area contributed by atoms with Crippen molar-refractivity contribution in [3.05, 3.63) is 40.1 Å². The molecule has 0 unspecified atom stereocenters. The molecule has 0 spiro atoms. The van der Waals surface area contributed by atoms with E-state index >= 15 is 0 Å². The highest BCUT2D eigenvalue weighted by atomic mass is 79.9. The van der Waals surface area contributed by atoms with Gasteiger partial charge in [-0.25, -0.2) is 4.98 Å². The maximum Gasteiger partial charge on any atom is 0.205 e. The van der Waals surface area contributed by atoms with Crippen LogP contribution in [0.25, 0.3) is 0 Å². The summed E-state index contributed by atoms with van der Waals surface area (Å²) < 4.78 is 5.39. The molecule has 0 radical (unpaired) electrons. The normalized spacial score (nSPS) is 11.1. The average molecular weight is 355 g/mol. The van der Waals surface area contributed by atoms with Gasteiger partial charge < -0.3 is 9.80 Å². The molecule has 0 atom stereocenters. The Kier molecular flexibility index (Phi) is 5.51.